The molecular formula is C21H24BrN3O4S. The molecule has 2 rings (SSSR count). The van der Waals surface area contributed by atoms with Crippen LogP contribution in [0.3, 0.4) is 0 Å². The number of thiocarbonyl (C=S) groups is 1. The van der Waals surface area contributed by atoms with E-state index in [0.717, 1.165) is 10.9 Å². The van der Waals surface area contributed by atoms with Crippen LogP contribution < -0.4 is 25.6 Å². The molecule has 3 N–H and O–H groups in total. The van der Waals surface area contributed by atoms with Crippen LogP contribution >= 0.6 is 28.1 Å². The molecule has 0 aliphatic carbocycles. The number of hydrogen-bond donors (Lipinski definition) is 3. The van der Waals surface area contributed by atoms with Gasteiger partial charge in [-0.05, 0) is 68.4 Å². The van der Waals surface area contributed by atoms with Crippen molar-refractivity contribution in [2.45, 2.75) is 33.3 Å². The van der Waals surface area contributed by atoms with Crippen LogP contribution in [0.4, 0.5) is 0 Å². The van der Waals surface area contributed by atoms with Crippen molar-refractivity contribution in [2.75, 3.05) is 6.61 Å². The Labute approximate surface area is 189 Å². The van der Waals surface area contributed by atoms with E-state index in [1.54, 1.807) is 30.3 Å². The Balaban J connectivity index is 1.83. The van der Waals surface area contributed by atoms with Crippen molar-refractivity contribution in [1.29, 1.82) is 0 Å². The number of aryl methyl sites for hydroxylation is 1. The summed E-state index contributed by atoms with van der Waals surface area (Å²) >= 11 is 8.40. The van der Waals surface area contributed by atoms with Gasteiger partial charge in [0.1, 0.15) is 11.5 Å². The summed E-state index contributed by atoms with van der Waals surface area (Å²) in [4.78, 5) is 24.5. The van der Waals surface area contributed by atoms with Crippen molar-refractivity contribution >= 4 is 45.1 Å². The van der Waals surface area contributed by atoms with E-state index >= 15 is 0 Å². The number of amides is 2. The molecule has 0 aliphatic rings. The first-order chi connectivity index (χ1) is 14.3. The van der Waals surface area contributed by atoms with E-state index < -0.39 is 11.8 Å². The van der Waals surface area contributed by atoms with Crippen molar-refractivity contribution < 1.29 is 19.1 Å². The first-order valence-corrected chi connectivity index (χ1v) is 10.6. The van der Waals surface area contributed by atoms with Gasteiger partial charge in [-0.25, -0.2) is 0 Å². The molecule has 7 nitrogen and oxygen atoms in total. The van der Waals surface area contributed by atoms with E-state index in [4.69, 9.17) is 21.7 Å². The fourth-order valence-corrected chi connectivity index (χ4v) is 2.88. The molecule has 2 aromatic rings. The molecule has 0 fully saturated rings. The van der Waals surface area contributed by atoms with E-state index in [1.165, 1.54) is 5.56 Å². The molecule has 0 radical (unpaired) electrons. The zero-order chi connectivity index (χ0) is 22.1. The third kappa shape index (κ3) is 7.64. The lowest BCUT2D eigenvalue weighted by Crippen LogP contribution is -2.49. The lowest BCUT2D eigenvalue weighted by molar-refractivity contribution is -0.123. The molecule has 0 unspecified atom stereocenters. The standard InChI is InChI=1S/C21H24BrN3O4S/c1-4-14-5-8-16(9-6-14)28-12-19(26)24-25-21(30)23-20(27)17-11-15(22)7-10-18(17)29-13(2)3/h5-11,13H,4,12H2,1-3H3,(H,24,26)(H2,23,25,27,30). The lowest BCUT2D eigenvalue weighted by Gasteiger charge is -2.15. The lowest BCUT2D eigenvalue weighted by atomic mass is 10.2. The zero-order valence-electron chi connectivity index (χ0n) is 17.0. The summed E-state index contributed by atoms with van der Waals surface area (Å²) < 4.78 is 11.8. The van der Waals surface area contributed by atoms with E-state index in [1.807, 2.05) is 26.0 Å². The summed E-state index contributed by atoms with van der Waals surface area (Å²) in [6, 6.07) is 12.6. The Kier molecular flexibility index (Phi) is 9.07. The first kappa shape index (κ1) is 23.6. The van der Waals surface area contributed by atoms with Gasteiger partial charge in [0.25, 0.3) is 11.8 Å². The van der Waals surface area contributed by atoms with Crippen LogP contribution in [0.1, 0.15) is 36.7 Å². The molecule has 0 aromatic heterocycles. The Hall–Kier alpha value is -2.65. The number of rotatable bonds is 7. The van der Waals surface area contributed by atoms with E-state index in [9.17, 15) is 9.59 Å². The molecule has 160 valence electrons. The second-order valence-corrected chi connectivity index (χ2v) is 7.87. The molecule has 0 bridgehead atoms. The quantitative estimate of drug-likeness (QED) is 0.404. The zero-order valence-corrected chi connectivity index (χ0v) is 19.4. The van der Waals surface area contributed by atoms with Crippen LogP contribution in [-0.2, 0) is 11.2 Å². The van der Waals surface area contributed by atoms with Crippen LogP contribution in [0.2, 0.25) is 0 Å². The molecule has 2 amide bonds. The average molecular weight is 494 g/mol. The number of hydrazine groups is 1. The maximum absolute atomic E-state index is 12.5. The van der Waals surface area contributed by atoms with Gasteiger partial charge in [0, 0.05) is 4.47 Å². The predicted molar refractivity (Wildman–Crippen MR) is 123 cm³/mol. The van der Waals surface area contributed by atoms with Crippen LogP contribution in [0.25, 0.3) is 0 Å². The number of carbonyl (C=O) groups is 2. The predicted octanol–water partition coefficient (Wildman–Crippen LogP) is 3.51. The van der Waals surface area contributed by atoms with Gasteiger partial charge in [-0.2, -0.15) is 0 Å². The summed E-state index contributed by atoms with van der Waals surface area (Å²) in [7, 11) is 0. The molecular weight excluding hydrogens is 470 g/mol. The molecule has 0 saturated heterocycles. The van der Waals surface area contributed by atoms with Crippen molar-refractivity contribution in [3.05, 3.63) is 58.1 Å². The largest absolute Gasteiger partial charge is 0.490 e. The minimum absolute atomic E-state index is 0.0591. The third-order valence-corrected chi connectivity index (χ3v) is 4.49. The van der Waals surface area contributed by atoms with Crippen LogP contribution in [0, 0.1) is 0 Å². The first-order valence-electron chi connectivity index (χ1n) is 9.36. The smallest absolute Gasteiger partial charge is 0.276 e. The number of nitrogens with one attached hydrogen (secondary N) is 3. The Morgan fingerprint density at radius 3 is 2.43 bits per heavy atom. The highest BCUT2D eigenvalue weighted by atomic mass is 79.9. The molecule has 0 saturated carbocycles. The maximum atomic E-state index is 12.5. The van der Waals surface area contributed by atoms with Crippen molar-refractivity contribution in [1.82, 2.24) is 16.2 Å². The van der Waals surface area contributed by atoms with E-state index in [0.29, 0.717) is 17.1 Å². The fourth-order valence-electron chi connectivity index (χ4n) is 2.37. The van der Waals surface area contributed by atoms with Gasteiger partial charge in [0.15, 0.2) is 11.7 Å². The van der Waals surface area contributed by atoms with Gasteiger partial charge in [0.2, 0.25) is 0 Å². The minimum atomic E-state index is -0.467. The number of ether oxygens (including phenoxy) is 2. The second kappa shape index (κ2) is 11.5. The second-order valence-electron chi connectivity index (χ2n) is 6.55. The van der Waals surface area contributed by atoms with E-state index in [2.05, 4.69) is 39.0 Å². The molecule has 0 spiro atoms. The Morgan fingerprint density at radius 1 is 1.10 bits per heavy atom. The number of halogens is 1. The molecule has 2 aromatic carbocycles. The number of carbonyl (C=O) groups excluding carboxylic acids is 2. The highest BCUT2D eigenvalue weighted by Crippen LogP contribution is 2.24. The molecule has 0 atom stereocenters. The topological polar surface area (TPSA) is 88.7 Å². The molecule has 30 heavy (non-hydrogen) atoms. The summed E-state index contributed by atoms with van der Waals surface area (Å²) in [5.74, 6) is 0.106. The van der Waals surface area contributed by atoms with Gasteiger partial charge in [0.05, 0.1) is 11.7 Å². The molecule has 0 heterocycles. The highest BCUT2D eigenvalue weighted by molar-refractivity contribution is 9.10. The van der Waals surface area contributed by atoms with Gasteiger partial charge in [-0.15, -0.1) is 0 Å². The van der Waals surface area contributed by atoms with Gasteiger partial charge >= 0.3 is 0 Å². The Bertz CT molecular complexity index is 904. The summed E-state index contributed by atoms with van der Waals surface area (Å²) in [6.07, 6.45) is 0.832. The fraction of sp³-hybridized carbons (Fsp3) is 0.286. The third-order valence-electron chi connectivity index (χ3n) is 3.79. The number of hydrogen-bond acceptors (Lipinski definition) is 5. The summed E-state index contributed by atoms with van der Waals surface area (Å²) in [5.41, 5.74) is 6.35. The Morgan fingerprint density at radius 2 is 1.80 bits per heavy atom. The normalized spacial score (nSPS) is 10.3. The van der Waals surface area contributed by atoms with E-state index in [-0.39, 0.29) is 17.8 Å². The van der Waals surface area contributed by atoms with Crippen LogP contribution in [0.15, 0.2) is 46.9 Å². The SMILES string of the molecule is CCc1ccc(OCC(=O)NNC(=S)NC(=O)c2cc(Br)ccc2OC(C)C)cc1. The minimum Gasteiger partial charge on any atom is -0.490 e. The maximum Gasteiger partial charge on any atom is 0.276 e. The van der Waals surface area contributed by atoms with Crippen molar-refractivity contribution in [3.8, 4) is 11.5 Å². The van der Waals surface area contributed by atoms with Crippen molar-refractivity contribution in [2.24, 2.45) is 0 Å². The molecule has 9 heteroatoms. The monoisotopic (exact) mass is 493 g/mol. The number of benzene rings is 2. The highest BCUT2D eigenvalue weighted by Gasteiger charge is 2.16. The van der Waals surface area contributed by atoms with Gasteiger partial charge in [-0.3, -0.25) is 25.8 Å². The van der Waals surface area contributed by atoms with Crippen molar-refractivity contribution in [3.63, 3.8) is 0 Å². The van der Waals surface area contributed by atoms with Crippen LogP contribution in [0.5, 0.6) is 11.5 Å². The van der Waals surface area contributed by atoms with Gasteiger partial charge < -0.3 is 9.47 Å². The molecule has 0 aliphatic heterocycles. The summed E-state index contributed by atoms with van der Waals surface area (Å²) in [5, 5.41) is 2.44. The average Bonchev–Trinajstić information content (AvgIpc) is 2.72. The summed E-state index contributed by atoms with van der Waals surface area (Å²) in [6.45, 7) is 5.59. The van der Waals surface area contributed by atoms with Crippen LogP contribution in [-0.4, -0.2) is 29.6 Å². The van der Waals surface area contributed by atoms with Gasteiger partial charge in [-0.1, -0.05) is 35.0 Å².